The van der Waals surface area contributed by atoms with Crippen LogP contribution in [0.1, 0.15) is 31.5 Å². The van der Waals surface area contributed by atoms with E-state index in [0.717, 1.165) is 24.7 Å². The predicted molar refractivity (Wildman–Crippen MR) is 69.6 cm³/mol. The quantitative estimate of drug-likeness (QED) is 0.814. The first-order valence-corrected chi connectivity index (χ1v) is 6.50. The number of rotatable bonds is 1. The van der Waals surface area contributed by atoms with Gasteiger partial charge < -0.3 is 10.3 Å². The number of nitrogens with zero attached hydrogens (tertiary/aromatic N) is 2. The molecule has 1 atom stereocenters. The van der Waals surface area contributed by atoms with E-state index in [-0.39, 0.29) is 17.2 Å². The average molecular weight is 281 g/mol. The Balaban J connectivity index is 2.19. The summed E-state index contributed by atoms with van der Waals surface area (Å²) in [4.78, 5) is 4.34. The van der Waals surface area contributed by atoms with E-state index in [1.807, 2.05) is 11.5 Å². The van der Waals surface area contributed by atoms with Crippen molar-refractivity contribution in [2.24, 2.45) is 0 Å². The molecule has 1 aromatic heterocycles. The molecule has 0 amide bonds. The van der Waals surface area contributed by atoms with Crippen LogP contribution < -0.4 is 5.73 Å². The van der Waals surface area contributed by atoms with Gasteiger partial charge in [0.2, 0.25) is 0 Å². The lowest BCUT2D eigenvalue weighted by Gasteiger charge is -2.20. The van der Waals surface area contributed by atoms with Crippen LogP contribution in [0, 0.1) is 17.5 Å². The molecule has 0 bridgehead atoms. The zero-order valence-corrected chi connectivity index (χ0v) is 11.0. The van der Waals surface area contributed by atoms with E-state index in [4.69, 9.17) is 5.73 Å². The van der Waals surface area contributed by atoms with Crippen molar-refractivity contribution >= 4 is 5.82 Å². The molecule has 2 heterocycles. The van der Waals surface area contributed by atoms with E-state index >= 15 is 0 Å². The Bertz CT molecular complexity index is 679. The van der Waals surface area contributed by atoms with Gasteiger partial charge in [-0.15, -0.1) is 0 Å². The van der Waals surface area contributed by atoms with Crippen molar-refractivity contribution < 1.29 is 13.2 Å². The lowest BCUT2D eigenvalue weighted by atomic mass is 10.0. The molecular weight excluding hydrogens is 267 g/mol. The monoisotopic (exact) mass is 281 g/mol. The molecule has 3 nitrogen and oxygen atoms in total. The van der Waals surface area contributed by atoms with Gasteiger partial charge in [0.05, 0.1) is 0 Å². The Hall–Kier alpha value is -1.98. The minimum Gasteiger partial charge on any atom is -0.383 e. The maximum Gasteiger partial charge on any atom is 0.161 e. The second-order valence-corrected chi connectivity index (χ2v) is 5.14. The lowest BCUT2D eigenvalue weighted by Crippen LogP contribution is -2.15. The van der Waals surface area contributed by atoms with Crippen LogP contribution in [0.2, 0.25) is 0 Å². The fraction of sp³-hybridized carbons (Fsp3) is 0.357. The number of benzene rings is 1. The number of fused-ring (bicyclic) bond motifs is 1. The highest BCUT2D eigenvalue weighted by molar-refractivity contribution is 5.71. The number of nitrogens with two attached hydrogens (primary N) is 1. The molecule has 1 unspecified atom stereocenters. The topological polar surface area (TPSA) is 43.8 Å². The van der Waals surface area contributed by atoms with E-state index in [0.29, 0.717) is 18.4 Å². The molecular formula is C14H14F3N3. The summed E-state index contributed by atoms with van der Waals surface area (Å²) >= 11 is 0. The number of nitrogen functional groups attached to an aromatic ring is 1. The molecule has 0 saturated carbocycles. The molecule has 0 aliphatic carbocycles. The van der Waals surface area contributed by atoms with Crippen molar-refractivity contribution in [1.82, 2.24) is 9.55 Å². The van der Waals surface area contributed by atoms with Crippen LogP contribution in [0.25, 0.3) is 11.3 Å². The van der Waals surface area contributed by atoms with Crippen molar-refractivity contribution in [3.05, 3.63) is 35.4 Å². The van der Waals surface area contributed by atoms with E-state index in [1.165, 1.54) is 0 Å². The van der Waals surface area contributed by atoms with Gasteiger partial charge in [-0.05, 0) is 18.9 Å². The fourth-order valence-corrected chi connectivity index (χ4v) is 2.68. The largest absolute Gasteiger partial charge is 0.383 e. The van der Waals surface area contributed by atoms with Crippen molar-refractivity contribution in [1.29, 1.82) is 0 Å². The van der Waals surface area contributed by atoms with Crippen molar-refractivity contribution in [2.75, 3.05) is 5.73 Å². The molecule has 20 heavy (non-hydrogen) atoms. The zero-order valence-electron chi connectivity index (χ0n) is 11.0. The minimum absolute atomic E-state index is 0.101. The summed E-state index contributed by atoms with van der Waals surface area (Å²) in [7, 11) is 0. The third-order valence-corrected chi connectivity index (χ3v) is 3.76. The van der Waals surface area contributed by atoms with Crippen molar-refractivity contribution in [3.63, 3.8) is 0 Å². The van der Waals surface area contributed by atoms with Gasteiger partial charge >= 0.3 is 0 Å². The number of imidazole rings is 1. The summed E-state index contributed by atoms with van der Waals surface area (Å²) < 4.78 is 42.0. The molecule has 1 aliphatic rings. The first-order valence-electron chi connectivity index (χ1n) is 6.50. The molecule has 0 fully saturated rings. The molecule has 0 radical (unpaired) electrons. The van der Waals surface area contributed by atoms with Gasteiger partial charge in [0.25, 0.3) is 0 Å². The standard InChI is InChI=1S/C14H14F3N3/c1-7-3-2-4-20-13(18)12(19-14(7)20)8-5-10(16)11(17)6-9(8)15/h5-7H,2-4,18H2,1H3. The summed E-state index contributed by atoms with van der Waals surface area (Å²) in [6.45, 7) is 2.73. The summed E-state index contributed by atoms with van der Waals surface area (Å²) in [6.07, 6.45) is 1.95. The van der Waals surface area contributed by atoms with Crippen LogP contribution in [0.4, 0.5) is 19.0 Å². The van der Waals surface area contributed by atoms with Crippen molar-refractivity contribution in [3.8, 4) is 11.3 Å². The molecule has 0 spiro atoms. The van der Waals surface area contributed by atoms with Gasteiger partial charge in [0.1, 0.15) is 23.2 Å². The van der Waals surface area contributed by atoms with Crippen LogP contribution in [0.15, 0.2) is 12.1 Å². The first kappa shape index (κ1) is 13.0. The maximum atomic E-state index is 13.8. The van der Waals surface area contributed by atoms with Gasteiger partial charge in [0, 0.05) is 24.1 Å². The summed E-state index contributed by atoms with van der Waals surface area (Å²) in [5.74, 6) is -1.90. The highest BCUT2D eigenvalue weighted by Gasteiger charge is 2.25. The van der Waals surface area contributed by atoms with Crippen LogP contribution >= 0.6 is 0 Å². The number of hydrogen-bond donors (Lipinski definition) is 1. The van der Waals surface area contributed by atoms with Gasteiger partial charge in [-0.2, -0.15) is 0 Å². The zero-order chi connectivity index (χ0) is 14.4. The van der Waals surface area contributed by atoms with E-state index < -0.39 is 17.5 Å². The van der Waals surface area contributed by atoms with E-state index in [9.17, 15) is 13.2 Å². The molecule has 1 aromatic carbocycles. The Kier molecular flexibility index (Phi) is 2.96. The van der Waals surface area contributed by atoms with Crippen molar-refractivity contribution in [2.45, 2.75) is 32.2 Å². The van der Waals surface area contributed by atoms with Crippen LogP contribution in [-0.2, 0) is 6.54 Å². The number of aromatic nitrogens is 2. The summed E-state index contributed by atoms with van der Waals surface area (Å²) in [5.41, 5.74) is 6.08. The van der Waals surface area contributed by atoms with Gasteiger partial charge in [-0.3, -0.25) is 0 Å². The molecule has 0 saturated heterocycles. The SMILES string of the molecule is CC1CCCn2c1nc(-c1cc(F)c(F)cc1F)c2N. The first-order chi connectivity index (χ1) is 9.49. The van der Waals surface area contributed by atoms with Gasteiger partial charge in [-0.25, -0.2) is 18.2 Å². The number of halogens is 3. The maximum absolute atomic E-state index is 13.8. The average Bonchev–Trinajstić information content (AvgIpc) is 2.73. The third kappa shape index (κ3) is 1.87. The normalized spacial score (nSPS) is 18.1. The van der Waals surface area contributed by atoms with E-state index in [1.54, 1.807) is 0 Å². The Morgan fingerprint density at radius 2 is 1.90 bits per heavy atom. The smallest absolute Gasteiger partial charge is 0.161 e. The van der Waals surface area contributed by atoms with Crippen LogP contribution in [0.5, 0.6) is 0 Å². The number of anilines is 1. The molecule has 106 valence electrons. The van der Waals surface area contributed by atoms with Crippen LogP contribution in [0.3, 0.4) is 0 Å². The highest BCUT2D eigenvalue weighted by Crippen LogP contribution is 2.35. The lowest BCUT2D eigenvalue weighted by molar-refractivity contribution is 0.467. The molecule has 6 heteroatoms. The third-order valence-electron chi connectivity index (χ3n) is 3.76. The van der Waals surface area contributed by atoms with Gasteiger partial charge in [-0.1, -0.05) is 6.92 Å². The Morgan fingerprint density at radius 3 is 2.60 bits per heavy atom. The molecule has 1 aliphatic heterocycles. The Morgan fingerprint density at radius 1 is 1.20 bits per heavy atom. The second-order valence-electron chi connectivity index (χ2n) is 5.14. The van der Waals surface area contributed by atoms with E-state index in [2.05, 4.69) is 4.98 Å². The predicted octanol–water partition coefficient (Wildman–Crippen LogP) is 3.45. The second kappa shape index (κ2) is 4.54. The minimum atomic E-state index is -1.22. The highest BCUT2D eigenvalue weighted by atomic mass is 19.2. The Labute approximate surface area is 114 Å². The fourth-order valence-electron chi connectivity index (χ4n) is 2.68. The molecule has 3 rings (SSSR count). The molecule has 2 aromatic rings. The van der Waals surface area contributed by atoms with Gasteiger partial charge in [0.15, 0.2) is 11.6 Å². The van der Waals surface area contributed by atoms with Crippen LogP contribution in [-0.4, -0.2) is 9.55 Å². The number of hydrogen-bond acceptors (Lipinski definition) is 2. The summed E-state index contributed by atoms with van der Waals surface area (Å²) in [6, 6.07) is 1.33. The summed E-state index contributed by atoms with van der Waals surface area (Å²) in [5, 5.41) is 0. The molecule has 2 N–H and O–H groups in total.